The highest BCUT2D eigenvalue weighted by atomic mass is 16.5. The Morgan fingerprint density at radius 2 is 1.88 bits per heavy atom. The number of hydrogen-bond acceptors (Lipinski definition) is 4. The van der Waals surface area contributed by atoms with Crippen molar-refractivity contribution in [3.8, 4) is 0 Å². The van der Waals surface area contributed by atoms with Crippen molar-refractivity contribution in [1.82, 2.24) is 0 Å². The van der Waals surface area contributed by atoms with Crippen molar-refractivity contribution in [2.45, 2.75) is 39.0 Å². The standard InChI is InChI=1S/C19H23NO4/c1-12(21)20-17-6-4-14(5-7-17)18(22)11-24-19(23)10-16-9-13-2-3-15(16)8-13/h4-7,13,15-16H,2-3,8-11H2,1H3,(H,20,21)/t13-,15-,16+/m1/s1. The van der Waals surface area contributed by atoms with Gasteiger partial charge in [0.15, 0.2) is 12.4 Å². The number of benzene rings is 1. The summed E-state index contributed by atoms with van der Waals surface area (Å²) in [6.45, 7) is 1.20. The molecule has 5 heteroatoms. The molecule has 1 aromatic rings. The zero-order valence-electron chi connectivity index (χ0n) is 13.9. The van der Waals surface area contributed by atoms with E-state index in [4.69, 9.17) is 4.74 Å². The SMILES string of the molecule is CC(=O)Nc1ccc(C(=O)COC(=O)C[C@@H]2C[C@@H]3CC[C@@H]2C3)cc1. The summed E-state index contributed by atoms with van der Waals surface area (Å²) in [5.74, 6) is 1.27. The van der Waals surface area contributed by atoms with Gasteiger partial charge in [-0.3, -0.25) is 14.4 Å². The van der Waals surface area contributed by atoms with Gasteiger partial charge in [-0.25, -0.2) is 0 Å². The Morgan fingerprint density at radius 3 is 2.46 bits per heavy atom. The maximum Gasteiger partial charge on any atom is 0.306 e. The first-order valence-electron chi connectivity index (χ1n) is 8.57. The third-order valence-corrected chi connectivity index (χ3v) is 5.20. The minimum absolute atomic E-state index is 0.163. The largest absolute Gasteiger partial charge is 0.457 e. The summed E-state index contributed by atoms with van der Waals surface area (Å²) in [4.78, 5) is 35.0. The Kier molecular flexibility index (Phi) is 4.97. The molecule has 0 heterocycles. The van der Waals surface area contributed by atoms with Crippen LogP contribution in [0.15, 0.2) is 24.3 Å². The number of Topliss-reactive ketones (excluding diaryl/α,β-unsaturated/α-hetero) is 1. The van der Waals surface area contributed by atoms with E-state index in [0.717, 1.165) is 12.3 Å². The number of anilines is 1. The highest BCUT2D eigenvalue weighted by molar-refractivity contribution is 5.98. The van der Waals surface area contributed by atoms with E-state index >= 15 is 0 Å². The minimum Gasteiger partial charge on any atom is -0.457 e. The summed E-state index contributed by atoms with van der Waals surface area (Å²) in [5.41, 5.74) is 1.10. The van der Waals surface area contributed by atoms with Crippen LogP contribution in [0.25, 0.3) is 0 Å². The van der Waals surface area contributed by atoms with E-state index in [1.807, 2.05) is 0 Å². The number of ketones is 1. The number of fused-ring (bicyclic) bond motifs is 2. The second kappa shape index (κ2) is 7.16. The van der Waals surface area contributed by atoms with E-state index in [1.54, 1.807) is 24.3 Å². The minimum atomic E-state index is -0.268. The Hall–Kier alpha value is -2.17. The number of rotatable bonds is 6. The van der Waals surface area contributed by atoms with Crippen LogP contribution in [0, 0.1) is 17.8 Å². The molecule has 2 saturated carbocycles. The van der Waals surface area contributed by atoms with Crippen molar-refractivity contribution < 1.29 is 19.1 Å². The van der Waals surface area contributed by atoms with Gasteiger partial charge in [-0.2, -0.15) is 0 Å². The molecule has 0 aromatic heterocycles. The van der Waals surface area contributed by atoms with Crippen molar-refractivity contribution in [2.24, 2.45) is 17.8 Å². The zero-order chi connectivity index (χ0) is 17.1. The first-order valence-corrected chi connectivity index (χ1v) is 8.57. The van der Waals surface area contributed by atoms with Crippen LogP contribution in [-0.2, 0) is 14.3 Å². The van der Waals surface area contributed by atoms with Gasteiger partial charge < -0.3 is 10.1 Å². The molecule has 2 aliphatic carbocycles. The number of nitrogens with one attached hydrogen (secondary N) is 1. The molecule has 2 fully saturated rings. The highest BCUT2D eigenvalue weighted by Crippen LogP contribution is 2.49. The summed E-state index contributed by atoms with van der Waals surface area (Å²) >= 11 is 0. The van der Waals surface area contributed by atoms with E-state index < -0.39 is 0 Å². The molecular formula is C19H23NO4. The first kappa shape index (κ1) is 16.7. The summed E-state index contributed by atoms with van der Waals surface area (Å²) in [5, 5.41) is 2.64. The van der Waals surface area contributed by atoms with Crippen molar-refractivity contribution in [1.29, 1.82) is 0 Å². The topological polar surface area (TPSA) is 72.5 Å². The number of carbonyl (C=O) groups excluding carboxylic acids is 3. The van der Waals surface area contributed by atoms with Gasteiger partial charge >= 0.3 is 5.97 Å². The van der Waals surface area contributed by atoms with Crippen LogP contribution in [0.3, 0.4) is 0 Å². The van der Waals surface area contributed by atoms with Crippen molar-refractivity contribution in [3.05, 3.63) is 29.8 Å². The van der Waals surface area contributed by atoms with E-state index in [1.165, 1.54) is 26.2 Å². The van der Waals surface area contributed by atoms with Gasteiger partial charge in [0.1, 0.15) is 0 Å². The lowest BCUT2D eigenvalue weighted by atomic mass is 9.86. The molecule has 0 spiro atoms. The van der Waals surface area contributed by atoms with Gasteiger partial charge in [-0.1, -0.05) is 6.42 Å². The molecule has 0 unspecified atom stereocenters. The van der Waals surface area contributed by atoms with Crippen LogP contribution < -0.4 is 5.32 Å². The Labute approximate surface area is 141 Å². The van der Waals surface area contributed by atoms with Gasteiger partial charge in [-0.15, -0.1) is 0 Å². The normalized spacial score (nSPS) is 24.6. The second-order valence-electron chi connectivity index (χ2n) is 6.98. The van der Waals surface area contributed by atoms with Crippen LogP contribution in [0.2, 0.25) is 0 Å². The van der Waals surface area contributed by atoms with E-state index in [2.05, 4.69) is 5.32 Å². The highest BCUT2D eigenvalue weighted by Gasteiger charge is 2.40. The molecule has 1 aromatic carbocycles. The van der Waals surface area contributed by atoms with Gasteiger partial charge in [0.25, 0.3) is 0 Å². The van der Waals surface area contributed by atoms with E-state index in [0.29, 0.717) is 29.5 Å². The fourth-order valence-electron chi connectivity index (χ4n) is 4.07. The number of hydrogen-bond donors (Lipinski definition) is 1. The molecule has 1 amide bonds. The maximum absolute atomic E-state index is 12.1. The average Bonchev–Trinajstić information content (AvgIpc) is 3.15. The molecule has 2 aliphatic rings. The van der Waals surface area contributed by atoms with Crippen LogP contribution in [0.5, 0.6) is 0 Å². The molecule has 1 N–H and O–H groups in total. The smallest absolute Gasteiger partial charge is 0.306 e. The number of esters is 1. The monoisotopic (exact) mass is 329 g/mol. The summed E-state index contributed by atoms with van der Waals surface area (Å²) < 4.78 is 5.16. The summed E-state index contributed by atoms with van der Waals surface area (Å²) in [6, 6.07) is 6.56. The van der Waals surface area contributed by atoms with E-state index in [9.17, 15) is 14.4 Å². The molecule has 5 nitrogen and oxygen atoms in total. The molecule has 3 rings (SSSR count). The quantitative estimate of drug-likeness (QED) is 0.642. The lowest BCUT2D eigenvalue weighted by Crippen LogP contribution is -2.19. The predicted octanol–water partition coefficient (Wildman–Crippen LogP) is 3.20. The number of ether oxygens (including phenoxy) is 1. The van der Waals surface area contributed by atoms with Crippen molar-refractivity contribution in [3.63, 3.8) is 0 Å². The predicted molar refractivity (Wildman–Crippen MR) is 89.6 cm³/mol. The molecule has 2 bridgehead atoms. The average molecular weight is 329 g/mol. The lowest BCUT2D eigenvalue weighted by molar-refractivity contribution is -0.144. The fourth-order valence-corrected chi connectivity index (χ4v) is 4.07. The van der Waals surface area contributed by atoms with Gasteiger partial charge in [0.05, 0.1) is 0 Å². The third-order valence-electron chi connectivity index (χ3n) is 5.20. The van der Waals surface area contributed by atoms with Crippen LogP contribution in [0.1, 0.15) is 49.4 Å². The maximum atomic E-state index is 12.1. The van der Waals surface area contributed by atoms with Crippen molar-refractivity contribution in [2.75, 3.05) is 11.9 Å². The molecule has 0 aliphatic heterocycles. The third kappa shape index (κ3) is 4.02. The second-order valence-corrected chi connectivity index (χ2v) is 6.98. The molecule has 128 valence electrons. The molecule has 3 atom stereocenters. The Morgan fingerprint density at radius 1 is 1.12 bits per heavy atom. The number of carbonyl (C=O) groups is 3. The lowest BCUT2D eigenvalue weighted by Gasteiger charge is -2.20. The van der Waals surface area contributed by atoms with Gasteiger partial charge in [-0.05, 0) is 61.3 Å². The first-order chi connectivity index (χ1) is 11.5. The van der Waals surface area contributed by atoms with Gasteiger partial charge in [0, 0.05) is 24.6 Å². The van der Waals surface area contributed by atoms with Crippen LogP contribution in [0.4, 0.5) is 5.69 Å². The summed E-state index contributed by atoms with van der Waals surface area (Å²) in [7, 11) is 0. The van der Waals surface area contributed by atoms with E-state index in [-0.39, 0.29) is 24.3 Å². The molecule has 0 radical (unpaired) electrons. The Balaban J connectivity index is 1.44. The number of amides is 1. The van der Waals surface area contributed by atoms with Crippen LogP contribution in [-0.4, -0.2) is 24.3 Å². The Bertz CT molecular complexity index is 637. The van der Waals surface area contributed by atoms with Gasteiger partial charge in [0.2, 0.25) is 5.91 Å². The van der Waals surface area contributed by atoms with Crippen molar-refractivity contribution >= 4 is 23.3 Å². The van der Waals surface area contributed by atoms with Crippen LogP contribution >= 0.6 is 0 Å². The molecule has 24 heavy (non-hydrogen) atoms. The molecule has 0 saturated heterocycles. The fraction of sp³-hybridized carbons (Fsp3) is 0.526. The summed E-state index contributed by atoms with van der Waals surface area (Å²) in [6.07, 6.45) is 5.39. The molecular weight excluding hydrogens is 306 g/mol. The zero-order valence-corrected chi connectivity index (χ0v) is 13.9.